The lowest BCUT2D eigenvalue weighted by atomic mass is 9.82. The van der Waals surface area contributed by atoms with Gasteiger partial charge in [-0.1, -0.05) is 0 Å². The third kappa shape index (κ3) is 6.25. The average molecular weight is 1000 g/mol. The zero-order chi connectivity index (χ0) is 50.2. The Kier molecular flexibility index (Phi) is 13.0. The molecular weight excluding hydrogens is 1000 g/mol. The molecular formula is C20F40. The van der Waals surface area contributed by atoms with Crippen molar-refractivity contribution in [3.05, 3.63) is 11.9 Å². The predicted octanol–water partition coefficient (Wildman–Crippen LogP) is 13.4. The summed E-state index contributed by atoms with van der Waals surface area (Å²) >= 11 is 0. The van der Waals surface area contributed by atoms with Crippen LogP contribution >= 0.6 is 0 Å². The monoisotopic (exact) mass is 1000 g/mol. The smallest absolute Gasteiger partial charge is 0.199 e. The minimum absolute atomic E-state index is 5.08. The Bertz CT molecular complexity index is 1610. The van der Waals surface area contributed by atoms with Crippen LogP contribution in [0.3, 0.4) is 0 Å². The zero-order valence-electron chi connectivity index (χ0n) is 25.1. The molecule has 0 aliphatic rings. The standard InChI is InChI=1S/C20F40/c21-1(2(22)23)3(24,25)4(26,27)5(28,29)6(30,31)7(32,33)8(34,35)9(36,37)10(38,39)11(40,41)12(42,43)13(44,45)14(46,47)15(48,49)16(50,51)17(52,53)18(54,55)19(56,57)20(58,59)60. The van der Waals surface area contributed by atoms with Crippen LogP contribution in [-0.2, 0) is 0 Å². The molecule has 0 aliphatic heterocycles. The normalized spacial score (nSPS) is 17.0. The third-order valence-corrected chi connectivity index (χ3v) is 7.11. The van der Waals surface area contributed by atoms with Crippen LogP contribution in [-0.4, -0.2) is 107 Å². The van der Waals surface area contributed by atoms with Crippen LogP contribution in [0.25, 0.3) is 0 Å². The highest BCUT2D eigenvalue weighted by Gasteiger charge is 3.02. The van der Waals surface area contributed by atoms with Crippen LogP contribution in [0, 0.1) is 0 Å². The minimum Gasteiger partial charge on any atom is -0.199 e. The van der Waals surface area contributed by atoms with Crippen LogP contribution < -0.4 is 0 Å². The number of halogens is 40. The largest absolute Gasteiger partial charge is 0.460 e. The van der Waals surface area contributed by atoms with Crippen LogP contribution in [0.15, 0.2) is 11.9 Å². The van der Waals surface area contributed by atoms with Crippen molar-refractivity contribution >= 4 is 0 Å². The molecule has 60 heavy (non-hydrogen) atoms. The molecule has 0 nitrogen and oxygen atoms in total. The van der Waals surface area contributed by atoms with Crippen LogP contribution in [0.5, 0.6) is 0 Å². The van der Waals surface area contributed by atoms with Crippen molar-refractivity contribution in [3.63, 3.8) is 0 Å². The zero-order valence-corrected chi connectivity index (χ0v) is 25.1. The lowest BCUT2D eigenvalue weighted by molar-refractivity contribution is -0.493. The highest BCUT2D eigenvalue weighted by Crippen LogP contribution is 2.71. The van der Waals surface area contributed by atoms with Crippen molar-refractivity contribution in [2.24, 2.45) is 0 Å². The summed E-state index contributed by atoms with van der Waals surface area (Å²) in [6, 6.07) is 0. The van der Waals surface area contributed by atoms with E-state index >= 15 is 0 Å². The van der Waals surface area contributed by atoms with E-state index < -0.39 is 119 Å². The van der Waals surface area contributed by atoms with Crippen LogP contribution in [0.4, 0.5) is 176 Å². The topological polar surface area (TPSA) is 0 Å². The molecule has 0 amide bonds. The van der Waals surface area contributed by atoms with Gasteiger partial charge in [0.15, 0.2) is 0 Å². The van der Waals surface area contributed by atoms with E-state index in [1.165, 1.54) is 0 Å². The van der Waals surface area contributed by atoms with Gasteiger partial charge in [-0.3, -0.25) is 0 Å². The van der Waals surface area contributed by atoms with Crippen LogP contribution in [0.2, 0.25) is 0 Å². The quantitative estimate of drug-likeness (QED) is 0.127. The Morgan fingerprint density at radius 1 is 0.167 bits per heavy atom. The molecule has 0 unspecified atom stereocenters. The summed E-state index contributed by atoms with van der Waals surface area (Å²) in [5.74, 6) is -175. The first-order valence-corrected chi connectivity index (χ1v) is 12.3. The summed E-state index contributed by atoms with van der Waals surface area (Å²) in [6.07, 6.45) is -13.6. The Morgan fingerprint density at radius 3 is 0.400 bits per heavy atom. The van der Waals surface area contributed by atoms with Gasteiger partial charge in [0.2, 0.25) is 5.83 Å². The summed E-state index contributed by atoms with van der Waals surface area (Å²) in [4.78, 5) is 0. The molecule has 0 atom stereocenters. The van der Waals surface area contributed by atoms with Gasteiger partial charge in [0.1, 0.15) is 0 Å². The molecule has 0 aromatic rings. The van der Waals surface area contributed by atoms with Crippen molar-refractivity contribution in [2.75, 3.05) is 0 Å². The van der Waals surface area contributed by atoms with E-state index in [-0.39, 0.29) is 0 Å². The summed E-state index contributed by atoms with van der Waals surface area (Å²) in [7, 11) is 0. The van der Waals surface area contributed by atoms with E-state index in [0.29, 0.717) is 0 Å². The molecule has 40 heteroatoms. The summed E-state index contributed by atoms with van der Waals surface area (Å²) in [6.45, 7) is 0. The van der Waals surface area contributed by atoms with Gasteiger partial charge in [-0.2, -0.15) is 176 Å². The highest BCUT2D eigenvalue weighted by molar-refractivity contribution is 5.24. The van der Waals surface area contributed by atoms with Gasteiger partial charge in [0.05, 0.1) is 0 Å². The maximum absolute atomic E-state index is 13.9. The number of hydrogen-bond acceptors (Lipinski definition) is 0. The van der Waals surface area contributed by atoms with E-state index in [2.05, 4.69) is 0 Å². The molecule has 0 bridgehead atoms. The fourth-order valence-electron chi connectivity index (χ4n) is 3.39. The fourth-order valence-corrected chi connectivity index (χ4v) is 3.39. The Hall–Kier alpha value is -3.06. The van der Waals surface area contributed by atoms with Crippen molar-refractivity contribution < 1.29 is 176 Å². The Labute approximate surface area is 296 Å². The molecule has 0 aliphatic carbocycles. The Morgan fingerprint density at radius 2 is 0.283 bits per heavy atom. The van der Waals surface area contributed by atoms with E-state index in [9.17, 15) is 176 Å². The minimum atomic E-state index is -10.5. The summed E-state index contributed by atoms with van der Waals surface area (Å²) < 4.78 is 535. The average Bonchev–Trinajstić information content (AvgIpc) is 3.01. The first-order valence-electron chi connectivity index (χ1n) is 12.3. The SMILES string of the molecule is FC(F)=C(F)C(F)(F)C(F)(F)C(F)(F)C(F)(F)C(F)(F)C(F)(F)C(F)(F)C(F)(F)C(F)(F)C(F)(F)C(F)(F)C(F)(F)C(F)(F)C(F)(F)C(F)(F)C(F)(F)C(F)(F)C(F)(F)F. The molecule has 0 N–H and O–H groups in total. The number of rotatable bonds is 17. The second-order valence-corrected chi connectivity index (χ2v) is 10.8. The first kappa shape index (κ1) is 56.9. The van der Waals surface area contributed by atoms with Gasteiger partial charge in [-0.25, -0.2) is 0 Å². The van der Waals surface area contributed by atoms with E-state index in [1.807, 2.05) is 0 Å². The van der Waals surface area contributed by atoms with E-state index in [1.54, 1.807) is 0 Å². The molecule has 360 valence electrons. The van der Waals surface area contributed by atoms with E-state index in [0.717, 1.165) is 0 Å². The highest BCUT2D eigenvalue weighted by atomic mass is 19.4. The van der Waals surface area contributed by atoms with Crippen molar-refractivity contribution in [3.8, 4) is 0 Å². The maximum atomic E-state index is 13.9. The molecule has 0 radical (unpaired) electrons. The lowest BCUT2D eigenvalue weighted by Gasteiger charge is -2.47. The maximum Gasteiger partial charge on any atom is 0.460 e. The van der Waals surface area contributed by atoms with Gasteiger partial charge in [0.25, 0.3) is 0 Å². The molecule has 0 aromatic carbocycles. The lowest BCUT2D eigenvalue weighted by Crippen LogP contribution is -2.80. The van der Waals surface area contributed by atoms with Crippen molar-refractivity contribution in [2.45, 2.75) is 107 Å². The predicted molar refractivity (Wildman–Crippen MR) is 101 cm³/mol. The van der Waals surface area contributed by atoms with Crippen molar-refractivity contribution in [1.82, 2.24) is 0 Å². The number of alkyl halides is 37. The molecule has 0 aromatic heterocycles. The van der Waals surface area contributed by atoms with Gasteiger partial charge in [0, 0.05) is 0 Å². The number of allylic oxidation sites excluding steroid dienone is 1. The molecule has 0 saturated heterocycles. The summed E-state index contributed by atoms with van der Waals surface area (Å²) in [5.41, 5.74) is 0. The first-order chi connectivity index (χ1) is 25.1. The third-order valence-electron chi connectivity index (χ3n) is 7.11. The second kappa shape index (κ2) is 13.7. The molecule has 0 spiro atoms. The molecule has 0 rings (SSSR count). The molecule has 0 heterocycles. The Balaban J connectivity index is 7.94. The summed E-state index contributed by atoms with van der Waals surface area (Å²) in [5, 5.41) is 0. The second-order valence-electron chi connectivity index (χ2n) is 10.8. The molecule has 0 saturated carbocycles. The van der Waals surface area contributed by atoms with Gasteiger partial charge in [-0.15, -0.1) is 0 Å². The van der Waals surface area contributed by atoms with Crippen LogP contribution in [0.1, 0.15) is 0 Å². The molecule has 0 fully saturated rings. The van der Waals surface area contributed by atoms with E-state index in [4.69, 9.17) is 0 Å². The van der Waals surface area contributed by atoms with Gasteiger partial charge in [-0.05, 0) is 0 Å². The van der Waals surface area contributed by atoms with Gasteiger partial charge < -0.3 is 0 Å². The fraction of sp³-hybridized carbons (Fsp3) is 0.900. The van der Waals surface area contributed by atoms with Crippen molar-refractivity contribution in [1.29, 1.82) is 0 Å². The number of hydrogen-bond donors (Lipinski definition) is 0. The van der Waals surface area contributed by atoms with Gasteiger partial charge >= 0.3 is 113 Å².